The zero-order valence-electron chi connectivity index (χ0n) is 15.7. The topological polar surface area (TPSA) is 55.6 Å². The standard InChI is InChI=1S/C22H24N2O3/c1-15-7-9-18(10-8-15)26-16(2)22(25)24-13-11-17(12-14-24)21-23-19-5-3-4-6-20(19)27-21/h3-10,16-17H,11-14H2,1-2H3. The van der Waals surface area contributed by atoms with Gasteiger partial charge in [0.25, 0.3) is 5.91 Å². The first-order valence-electron chi connectivity index (χ1n) is 9.48. The largest absolute Gasteiger partial charge is 0.481 e. The van der Waals surface area contributed by atoms with E-state index in [9.17, 15) is 4.79 Å². The lowest BCUT2D eigenvalue weighted by atomic mass is 9.96. The van der Waals surface area contributed by atoms with Crippen molar-refractivity contribution in [2.24, 2.45) is 0 Å². The quantitative estimate of drug-likeness (QED) is 0.692. The summed E-state index contributed by atoms with van der Waals surface area (Å²) in [6.45, 7) is 5.24. The van der Waals surface area contributed by atoms with Crippen molar-refractivity contribution < 1.29 is 13.9 Å². The number of ether oxygens (including phenoxy) is 1. The van der Waals surface area contributed by atoms with E-state index < -0.39 is 6.10 Å². The molecule has 0 N–H and O–H groups in total. The third-order valence-corrected chi connectivity index (χ3v) is 5.15. The van der Waals surface area contributed by atoms with Gasteiger partial charge in [-0.2, -0.15) is 0 Å². The summed E-state index contributed by atoms with van der Waals surface area (Å²) in [6, 6.07) is 15.6. The third-order valence-electron chi connectivity index (χ3n) is 5.15. The molecular weight excluding hydrogens is 340 g/mol. The highest BCUT2D eigenvalue weighted by Gasteiger charge is 2.29. The highest BCUT2D eigenvalue weighted by atomic mass is 16.5. The van der Waals surface area contributed by atoms with Gasteiger partial charge in [0.2, 0.25) is 0 Å². The van der Waals surface area contributed by atoms with Crippen LogP contribution >= 0.6 is 0 Å². The number of benzene rings is 2. The highest BCUT2D eigenvalue weighted by Crippen LogP contribution is 2.30. The monoisotopic (exact) mass is 364 g/mol. The second-order valence-corrected chi connectivity index (χ2v) is 7.19. The number of carbonyl (C=O) groups is 1. The van der Waals surface area contributed by atoms with E-state index in [4.69, 9.17) is 9.15 Å². The van der Waals surface area contributed by atoms with Crippen molar-refractivity contribution in [3.8, 4) is 5.75 Å². The number of rotatable bonds is 4. The third kappa shape index (κ3) is 3.82. The number of hydrogen-bond acceptors (Lipinski definition) is 4. The van der Waals surface area contributed by atoms with Crippen LogP contribution in [0.5, 0.6) is 5.75 Å². The van der Waals surface area contributed by atoms with E-state index in [1.165, 1.54) is 5.56 Å². The highest BCUT2D eigenvalue weighted by molar-refractivity contribution is 5.81. The van der Waals surface area contributed by atoms with Crippen molar-refractivity contribution in [2.45, 2.75) is 38.7 Å². The molecule has 4 rings (SSSR count). The van der Waals surface area contributed by atoms with Gasteiger partial charge in [0.15, 0.2) is 17.6 Å². The fourth-order valence-corrected chi connectivity index (χ4v) is 3.54. The van der Waals surface area contributed by atoms with Crippen molar-refractivity contribution >= 4 is 17.0 Å². The van der Waals surface area contributed by atoms with Crippen LogP contribution in [0.3, 0.4) is 0 Å². The number of amides is 1. The van der Waals surface area contributed by atoms with E-state index in [0.717, 1.165) is 35.6 Å². The number of carbonyl (C=O) groups excluding carboxylic acids is 1. The van der Waals surface area contributed by atoms with Crippen LogP contribution in [0, 0.1) is 6.92 Å². The minimum absolute atomic E-state index is 0.0339. The summed E-state index contributed by atoms with van der Waals surface area (Å²) in [7, 11) is 0. The fraction of sp³-hybridized carbons (Fsp3) is 0.364. The number of likely N-dealkylation sites (tertiary alicyclic amines) is 1. The average molecular weight is 364 g/mol. The molecule has 1 amide bonds. The second kappa shape index (κ2) is 7.43. The average Bonchev–Trinajstić information content (AvgIpc) is 3.13. The van der Waals surface area contributed by atoms with E-state index in [0.29, 0.717) is 13.1 Å². The Morgan fingerprint density at radius 3 is 2.56 bits per heavy atom. The molecule has 5 nitrogen and oxygen atoms in total. The van der Waals surface area contributed by atoms with Crippen molar-refractivity contribution in [3.63, 3.8) is 0 Å². The van der Waals surface area contributed by atoms with Crippen LogP contribution in [0.1, 0.15) is 37.1 Å². The van der Waals surface area contributed by atoms with E-state index in [2.05, 4.69) is 4.98 Å². The molecule has 140 valence electrons. The van der Waals surface area contributed by atoms with Crippen LogP contribution < -0.4 is 4.74 Å². The first kappa shape index (κ1) is 17.6. The van der Waals surface area contributed by atoms with Gasteiger partial charge in [-0.25, -0.2) is 4.98 Å². The Hall–Kier alpha value is -2.82. The number of aryl methyl sites for hydroxylation is 1. The van der Waals surface area contributed by atoms with Gasteiger partial charge in [-0.15, -0.1) is 0 Å². The first-order chi connectivity index (χ1) is 13.1. The Labute approximate surface area is 158 Å². The van der Waals surface area contributed by atoms with Gasteiger partial charge < -0.3 is 14.1 Å². The number of nitrogens with zero attached hydrogens (tertiary/aromatic N) is 2. The molecule has 3 aromatic rings. The molecule has 1 fully saturated rings. The normalized spacial score (nSPS) is 16.4. The van der Waals surface area contributed by atoms with E-state index in [1.54, 1.807) is 0 Å². The van der Waals surface area contributed by atoms with Crippen molar-refractivity contribution in [1.82, 2.24) is 9.88 Å². The summed E-state index contributed by atoms with van der Waals surface area (Å²) in [4.78, 5) is 19.2. The molecule has 0 saturated carbocycles. The molecule has 1 aliphatic heterocycles. The summed E-state index contributed by atoms with van der Waals surface area (Å²) >= 11 is 0. The van der Waals surface area contributed by atoms with E-state index in [1.807, 2.05) is 67.3 Å². The van der Waals surface area contributed by atoms with Gasteiger partial charge in [-0.3, -0.25) is 4.79 Å². The first-order valence-corrected chi connectivity index (χ1v) is 9.48. The Morgan fingerprint density at radius 2 is 1.85 bits per heavy atom. The molecule has 1 saturated heterocycles. The van der Waals surface area contributed by atoms with Crippen molar-refractivity contribution in [1.29, 1.82) is 0 Å². The Morgan fingerprint density at radius 1 is 1.15 bits per heavy atom. The zero-order valence-corrected chi connectivity index (χ0v) is 15.7. The van der Waals surface area contributed by atoms with Gasteiger partial charge in [0.1, 0.15) is 11.3 Å². The smallest absolute Gasteiger partial charge is 0.263 e. The summed E-state index contributed by atoms with van der Waals surface area (Å²) < 4.78 is 11.7. The molecule has 1 aromatic heterocycles. The summed E-state index contributed by atoms with van der Waals surface area (Å²) in [5.74, 6) is 1.80. The van der Waals surface area contributed by atoms with E-state index >= 15 is 0 Å². The molecule has 1 aliphatic rings. The molecule has 2 heterocycles. The molecule has 5 heteroatoms. The Bertz CT molecular complexity index is 891. The minimum Gasteiger partial charge on any atom is -0.481 e. The number of aromatic nitrogens is 1. The number of oxazole rings is 1. The van der Waals surface area contributed by atoms with Crippen LogP contribution in [0.2, 0.25) is 0 Å². The molecule has 1 unspecified atom stereocenters. The lowest BCUT2D eigenvalue weighted by molar-refractivity contribution is -0.139. The van der Waals surface area contributed by atoms with Crippen LogP contribution in [0.25, 0.3) is 11.1 Å². The summed E-state index contributed by atoms with van der Waals surface area (Å²) in [5.41, 5.74) is 2.89. The lowest BCUT2D eigenvalue weighted by Gasteiger charge is -2.32. The zero-order chi connectivity index (χ0) is 18.8. The SMILES string of the molecule is Cc1ccc(OC(C)C(=O)N2CCC(c3nc4ccccc4o3)CC2)cc1. The second-order valence-electron chi connectivity index (χ2n) is 7.19. The van der Waals surface area contributed by atoms with Crippen molar-refractivity contribution in [2.75, 3.05) is 13.1 Å². The van der Waals surface area contributed by atoms with Crippen molar-refractivity contribution in [3.05, 3.63) is 60.0 Å². The lowest BCUT2D eigenvalue weighted by Crippen LogP contribution is -2.44. The summed E-state index contributed by atoms with van der Waals surface area (Å²) in [5, 5.41) is 0. The fourth-order valence-electron chi connectivity index (χ4n) is 3.54. The molecule has 0 aliphatic carbocycles. The van der Waals surface area contributed by atoms with Crippen LogP contribution in [0.15, 0.2) is 52.9 Å². The minimum atomic E-state index is -0.492. The van der Waals surface area contributed by atoms with Gasteiger partial charge in [-0.1, -0.05) is 29.8 Å². The number of hydrogen-bond donors (Lipinski definition) is 0. The van der Waals surface area contributed by atoms with Crippen LogP contribution in [0.4, 0.5) is 0 Å². The number of fused-ring (bicyclic) bond motifs is 1. The van der Waals surface area contributed by atoms with E-state index in [-0.39, 0.29) is 11.8 Å². The molecule has 0 spiro atoms. The molecule has 2 aromatic carbocycles. The molecule has 0 radical (unpaired) electrons. The van der Waals surface area contributed by atoms with Gasteiger partial charge in [-0.05, 0) is 51.0 Å². The van der Waals surface area contributed by atoms with Gasteiger partial charge in [0.05, 0.1) is 0 Å². The Kier molecular flexibility index (Phi) is 4.84. The van der Waals surface area contributed by atoms with Crippen LogP contribution in [-0.4, -0.2) is 35.0 Å². The molecular formula is C22H24N2O3. The number of piperidine rings is 1. The van der Waals surface area contributed by atoms with Gasteiger partial charge >= 0.3 is 0 Å². The van der Waals surface area contributed by atoms with Gasteiger partial charge in [0, 0.05) is 19.0 Å². The Balaban J connectivity index is 1.35. The summed E-state index contributed by atoms with van der Waals surface area (Å²) in [6.07, 6.45) is 1.22. The molecule has 1 atom stereocenters. The maximum absolute atomic E-state index is 12.7. The molecule has 0 bridgehead atoms. The number of para-hydroxylation sites is 2. The predicted molar refractivity (Wildman–Crippen MR) is 104 cm³/mol. The molecule has 27 heavy (non-hydrogen) atoms. The van der Waals surface area contributed by atoms with Crippen LogP contribution in [-0.2, 0) is 4.79 Å². The maximum atomic E-state index is 12.7. The predicted octanol–water partition coefficient (Wildman–Crippen LogP) is 4.31. The maximum Gasteiger partial charge on any atom is 0.263 e.